The lowest BCUT2D eigenvalue weighted by Crippen LogP contribution is -2.42. The first-order chi connectivity index (χ1) is 14.5. The van der Waals surface area contributed by atoms with E-state index in [0.29, 0.717) is 31.3 Å². The Kier molecular flexibility index (Phi) is 5.67. The van der Waals surface area contributed by atoms with E-state index >= 15 is 0 Å². The van der Waals surface area contributed by atoms with Crippen molar-refractivity contribution < 1.29 is 9.53 Å². The molecule has 1 fully saturated rings. The lowest BCUT2D eigenvalue weighted by atomic mass is 10.1. The fraction of sp³-hybridized carbons (Fsp3) is 0.318. The van der Waals surface area contributed by atoms with E-state index in [1.807, 2.05) is 45.0 Å². The summed E-state index contributed by atoms with van der Waals surface area (Å²) in [4.78, 5) is 32.2. The van der Waals surface area contributed by atoms with Crippen molar-refractivity contribution in [1.82, 2.24) is 24.8 Å². The van der Waals surface area contributed by atoms with Gasteiger partial charge in [0.05, 0.1) is 18.8 Å². The Bertz CT molecular complexity index is 1040. The van der Waals surface area contributed by atoms with Crippen molar-refractivity contribution in [3.05, 3.63) is 71.1 Å². The number of carbonyl (C=O) groups is 1. The Labute approximate surface area is 175 Å². The van der Waals surface area contributed by atoms with Crippen LogP contribution in [-0.4, -0.2) is 50.4 Å². The molecule has 1 amide bonds. The molecule has 3 aromatic rings. The van der Waals surface area contributed by atoms with Gasteiger partial charge in [0.1, 0.15) is 11.8 Å². The third kappa shape index (κ3) is 4.60. The van der Waals surface area contributed by atoms with Crippen molar-refractivity contribution in [1.29, 1.82) is 0 Å². The molecule has 8 nitrogen and oxygen atoms in total. The van der Waals surface area contributed by atoms with Gasteiger partial charge in [-0.15, -0.1) is 0 Å². The van der Waals surface area contributed by atoms with Gasteiger partial charge in [0.15, 0.2) is 0 Å². The fourth-order valence-corrected chi connectivity index (χ4v) is 3.51. The lowest BCUT2D eigenvalue weighted by Gasteiger charge is -2.32. The van der Waals surface area contributed by atoms with Gasteiger partial charge in [-0.05, 0) is 51.1 Å². The molecule has 0 spiro atoms. The van der Waals surface area contributed by atoms with Gasteiger partial charge < -0.3 is 15.0 Å². The third-order valence-corrected chi connectivity index (χ3v) is 4.78. The lowest BCUT2D eigenvalue weighted by molar-refractivity contribution is -0.0249. The molecule has 1 aliphatic rings. The maximum Gasteiger partial charge on any atom is 0.272 e. The molecule has 0 aliphatic carbocycles. The maximum atomic E-state index is 12.8. The summed E-state index contributed by atoms with van der Waals surface area (Å²) in [6, 6.07) is 11.1. The van der Waals surface area contributed by atoms with Gasteiger partial charge in [0.2, 0.25) is 5.95 Å². The van der Waals surface area contributed by atoms with E-state index in [1.165, 1.54) is 0 Å². The van der Waals surface area contributed by atoms with E-state index in [-0.39, 0.29) is 12.0 Å². The highest BCUT2D eigenvalue weighted by Crippen LogP contribution is 2.25. The molecule has 4 rings (SSSR count). The molecule has 4 heterocycles. The molecule has 1 aliphatic heterocycles. The SMILES string of the molecule is Cc1cc(Nc2nc(C)cc(C)n2)cc([C@H]2CN(C(=O)c3ccccn3)CCO2)n1. The second kappa shape index (κ2) is 8.54. The second-order valence-electron chi connectivity index (χ2n) is 7.35. The van der Waals surface area contributed by atoms with Gasteiger partial charge in [-0.25, -0.2) is 9.97 Å². The van der Waals surface area contributed by atoms with Crippen LogP contribution in [0, 0.1) is 20.8 Å². The van der Waals surface area contributed by atoms with Crippen molar-refractivity contribution >= 4 is 17.5 Å². The number of morpholine rings is 1. The number of amides is 1. The summed E-state index contributed by atoms with van der Waals surface area (Å²) < 4.78 is 5.94. The Morgan fingerprint density at radius 1 is 1.07 bits per heavy atom. The van der Waals surface area contributed by atoms with Crippen LogP contribution >= 0.6 is 0 Å². The number of aromatic nitrogens is 4. The quantitative estimate of drug-likeness (QED) is 0.714. The van der Waals surface area contributed by atoms with Crippen LogP contribution in [0.15, 0.2) is 42.6 Å². The van der Waals surface area contributed by atoms with Gasteiger partial charge in [-0.1, -0.05) is 6.07 Å². The molecule has 154 valence electrons. The topological polar surface area (TPSA) is 93.1 Å². The van der Waals surface area contributed by atoms with Gasteiger partial charge in [0, 0.05) is 35.5 Å². The first-order valence-electron chi connectivity index (χ1n) is 9.88. The summed E-state index contributed by atoms with van der Waals surface area (Å²) in [5.41, 5.74) is 4.67. The van der Waals surface area contributed by atoms with E-state index in [1.54, 1.807) is 23.2 Å². The fourth-order valence-electron chi connectivity index (χ4n) is 3.51. The first-order valence-corrected chi connectivity index (χ1v) is 9.88. The smallest absolute Gasteiger partial charge is 0.272 e. The van der Waals surface area contributed by atoms with E-state index in [4.69, 9.17) is 4.74 Å². The first kappa shape index (κ1) is 19.9. The standard InChI is InChI=1S/C22H24N6O2/c1-14-10-15(2)26-22(25-14)27-17-11-16(3)24-19(12-17)20-13-28(8-9-30-20)21(29)18-6-4-5-7-23-18/h4-7,10-12,20H,8-9,13H2,1-3H3,(H,24,25,26,27)/t20-/m1/s1. The van der Waals surface area contributed by atoms with Crippen LogP contribution in [0.4, 0.5) is 11.6 Å². The van der Waals surface area contributed by atoms with Crippen molar-refractivity contribution in [2.45, 2.75) is 26.9 Å². The summed E-state index contributed by atoms with van der Waals surface area (Å²) >= 11 is 0. The monoisotopic (exact) mass is 404 g/mol. The molecule has 1 atom stereocenters. The minimum atomic E-state index is -0.313. The van der Waals surface area contributed by atoms with E-state index in [9.17, 15) is 4.79 Å². The van der Waals surface area contributed by atoms with Crippen molar-refractivity contribution in [2.75, 3.05) is 25.0 Å². The summed E-state index contributed by atoms with van der Waals surface area (Å²) in [7, 11) is 0. The van der Waals surface area contributed by atoms with Crippen LogP contribution in [0.2, 0.25) is 0 Å². The summed E-state index contributed by atoms with van der Waals surface area (Å²) in [6.45, 7) is 7.20. The van der Waals surface area contributed by atoms with Crippen molar-refractivity contribution in [3.8, 4) is 0 Å². The minimum absolute atomic E-state index is 0.0986. The zero-order valence-corrected chi connectivity index (χ0v) is 17.3. The molecule has 0 radical (unpaired) electrons. The van der Waals surface area contributed by atoms with Crippen LogP contribution in [0.5, 0.6) is 0 Å². The number of hydrogen-bond acceptors (Lipinski definition) is 7. The summed E-state index contributed by atoms with van der Waals surface area (Å²) in [5.74, 6) is 0.444. The van der Waals surface area contributed by atoms with Gasteiger partial charge >= 0.3 is 0 Å². The summed E-state index contributed by atoms with van der Waals surface area (Å²) in [5, 5.41) is 3.26. The number of nitrogens with one attached hydrogen (secondary N) is 1. The normalized spacial score (nSPS) is 16.4. The molecular weight excluding hydrogens is 380 g/mol. The number of anilines is 2. The van der Waals surface area contributed by atoms with Crippen molar-refractivity contribution in [3.63, 3.8) is 0 Å². The highest BCUT2D eigenvalue weighted by atomic mass is 16.5. The van der Waals surface area contributed by atoms with Crippen LogP contribution in [-0.2, 0) is 4.74 Å². The zero-order valence-electron chi connectivity index (χ0n) is 17.3. The zero-order chi connectivity index (χ0) is 21.1. The predicted octanol–water partition coefficient (Wildman–Crippen LogP) is 3.15. The number of hydrogen-bond donors (Lipinski definition) is 1. The Morgan fingerprint density at radius 3 is 2.57 bits per heavy atom. The number of carbonyl (C=O) groups excluding carboxylic acids is 1. The van der Waals surface area contributed by atoms with Crippen LogP contribution in [0.1, 0.15) is 39.4 Å². The number of aryl methyl sites for hydroxylation is 3. The maximum absolute atomic E-state index is 12.8. The van der Waals surface area contributed by atoms with Gasteiger partial charge in [0.25, 0.3) is 5.91 Å². The highest BCUT2D eigenvalue weighted by Gasteiger charge is 2.28. The van der Waals surface area contributed by atoms with Crippen LogP contribution < -0.4 is 5.32 Å². The Balaban J connectivity index is 1.54. The third-order valence-electron chi connectivity index (χ3n) is 4.78. The molecule has 0 aromatic carbocycles. The number of nitrogens with zero attached hydrogens (tertiary/aromatic N) is 5. The van der Waals surface area contributed by atoms with E-state index < -0.39 is 0 Å². The van der Waals surface area contributed by atoms with E-state index in [0.717, 1.165) is 28.5 Å². The molecule has 1 saturated heterocycles. The average molecular weight is 404 g/mol. The largest absolute Gasteiger partial charge is 0.368 e. The minimum Gasteiger partial charge on any atom is -0.368 e. The van der Waals surface area contributed by atoms with Gasteiger partial charge in [-0.2, -0.15) is 0 Å². The molecule has 1 N–H and O–H groups in total. The predicted molar refractivity (Wildman–Crippen MR) is 113 cm³/mol. The van der Waals surface area contributed by atoms with Gasteiger partial charge in [-0.3, -0.25) is 14.8 Å². The molecular formula is C22H24N6O2. The summed E-state index contributed by atoms with van der Waals surface area (Å²) in [6.07, 6.45) is 1.31. The molecule has 0 bridgehead atoms. The second-order valence-corrected chi connectivity index (χ2v) is 7.35. The van der Waals surface area contributed by atoms with Crippen LogP contribution in [0.25, 0.3) is 0 Å². The Hall–Kier alpha value is -3.39. The van der Waals surface area contributed by atoms with Crippen LogP contribution in [0.3, 0.4) is 0 Å². The van der Waals surface area contributed by atoms with Crippen molar-refractivity contribution in [2.24, 2.45) is 0 Å². The van der Waals surface area contributed by atoms with E-state index in [2.05, 4.69) is 25.3 Å². The average Bonchev–Trinajstić information content (AvgIpc) is 2.73. The number of pyridine rings is 2. The number of ether oxygens (including phenoxy) is 1. The number of rotatable bonds is 4. The molecule has 30 heavy (non-hydrogen) atoms. The molecule has 0 saturated carbocycles. The highest BCUT2D eigenvalue weighted by molar-refractivity contribution is 5.92. The molecule has 3 aromatic heterocycles. The molecule has 8 heteroatoms. The Morgan fingerprint density at radius 2 is 1.83 bits per heavy atom. The molecule has 0 unspecified atom stereocenters.